The highest BCUT2D eigenvalue weighted by atomic mass is 32.1. The molecule has 3 heteroatoms. The van der Waals surface area contributed by atoms with E-state index in [1.54, 1.807) is 0 Å². The summed E-state index contributed by atoms with van der Waals surface area (Å²) in [6, 6.07) is 2.46. The van der Waals surface area contributed by atoms with E-state index in [1.807, 2.05) is 11.3 Å². The largest absolute Gasteiger partial charge is 0.381 e. The minimum Gasteiger partial charge on any atom is -0.381 e. The fourth-order valence-corrected chi connectivity index (χ4v) is 3.29. The minimum absolute atomic E-state index is 0.207. The number of thiophene rings is 1. The van der Waals surface area contributed by atoms with Gasteiger partial charge in [0, 0.05) is 29.0 Å². The minimum atomic E-state index is 0.207. The van der Waals surface area contributed by atoms with E-state index < -0.39 is 0 Å². The van der Waals surface area contributed by atoms with Gasteiger partial charge in [-0.15, -0.1) is 11.3 Å². The van der Waals surface area contributed by atoms with Gasteiger partial charge in [-0.05, 0) is 44.2 Å². The zero-order chi connectivity index (χ0) is 10.8. The van der Waals surface area contributed by atoms with E-state index in [0.29, 0.717) is 5.92 Å². The Morgan fingerprint density at radius 1 is 1.40 bits per heavy atom. The summed E-state index contributed by atoms with van der Waals surface area (Å²) in [5.74, 6) is 0.603. The third-order valence-electron chi connectivity index (χ3n) is 3.21. The van der Waals surface area contributed by atoms with E-state index in [-0.39, 0.29) is 6.04 Å². The highest BCUT2D eigenvalue weighted by Crippen LogP contribution is 2.33. The maximum atomic E-state index is 6.34. The van der Waals surface area contributed by atoms with Crippen molar-refractivity contribution in [3.05, 3.63) is 21.4 Å². The van der Waals surface area contributed by atoms with E-state index >= 15 is 0 Å². The average molecular weight is 225 g/mol. The molecule has 2 N–H and O–H groups in total. The zero-order valence-electron chi connectivity index (χ0n) is 9.45. The zero-order valence-corrected chi connectivity index (χ0v) is 10.3. The van der Waals surface area contributed by atoms with Crippen molar-refractivity contribution < 1.29 is 4.74 Å². The predicted molar refractivity (Wildman–Crippen MR) is 64.3 cm³/mol. The lowest BCUT2D eigenvalue weighted by Gasteiger charge is -2.27. The Hall–Kier alpha value is -0.380. The first-order valence-electron chi connectivity index (χ1n) is 5.58. The number of hydrogen-bond acceptors (Lipinski definition) is 3. The Labute approximate surface area is 95.4 Å². The quantitative estimate of drug-likeness (QED) is 0.840. The summed E-state index contributed by atoms with van der Waals surface area (Å²) >= 11 is 1.85. The maximum absolute atomic E-state index is 6.34. The summed E-state index contributed by atoms with van der Waals surface area (Å²) in [4.78, 5) is 2.75. The van der Waals surface area contributed by atoms with Gasteiger partial charge >= 0.3 is 0 Å². The Morgan fingerprint density at radius 3 is 2.60 bits per heavy atom. The highest BCUT2D eigenvalue weighted by Gasteiger charge is 2.24. The molecular formula is C12H19NOS. The van der Waals surface area contributed by atoms with Crippen molar-refractivity contribution in [3.8, 4) is 0 Å². The standard InChI is InChI=1S/C12H19NOS/c1-8-7-11(9(2)15-8)12(13)10-3-5-14-6-4-10/h7,10,12H,3-6,13H2,1-2H3. The smallest absolute Gasteiger partial charge is 0.0469 e. The third kappa shape index (κ3) is 2.41. The molecule has 1 atom stereocenters. The van der Waals surface area contributed by atoms with Crippen molar-refractivity contribution in [1.29, 1.82) is 0 Å². The van der Waals surface area contributed by atoms with E-state index in [9.17, 15) is 0 Å². The van der Waals surface area contributed by atoms with Crippen LogP contribution in [0.15, 0.2) is 6.07 Å². The first-order chi connectivity index (χ1) is 7.18. The van der Waals surface area contributed by atoms with Crippen LogP contribution in [0.5, 0.6) is 0 Å². The molecule has 0 aromatic carbocycles. The van der Waals surface area contributed by atoms with E-state index in [4.69, 9.17) is 10.5 Å². The van der Waals surface area contributed by atoms with Gasteiger partial charge in [-0.3, -0.25) is 0 Å². The van der Waals surface area contributed by atoms with E-state index in [0.717, 1.165) is 26.1 Å². The molecule has 1 aliphatic heterocycles. The van der Waals surface area contributed by atoms with Crippen molar-refractivity contribution in [1.82, 2.24) is 0 Å². The van der Waals surface area contributed by atoms with Crippen LogP contribution in [0.1, 0.15) is 34.2 Å². The SMILES string of the molecule is Cc1cc(C(N)C2CCOCC2)c(C)s1. The van der Waals surface area contributed by atoms with Crippen LogP contribution in [-0.4, -0.2) is 13.2 Å². The van der Waals surface area contributed by atoms with Crippen LogP contribution in [0, 0.1) is 19.8 Å². The van der Waals surface area contributed by atoms with Crippen LogP contribution in [-0.2, 0) is 4.74 Å². The van der Waals surface area contributed by atoms with Crippen LogP contribution in [0.3, 0.4) is 0 Å². The fraction of sp³-hybridized carbons (Fsp3) is 0.667. The van der Waals surface area contributed by atoms with Gasteiger partial charge in [0.1, 0.15) is 0 Å². The molecule has 2 nitrogen and oxygen atoms in total. The van der Waals surface area contributed by atoms with Crippen LogP contribution >= 0.6 is 11.3 Å². The normalized spacial score (nSPS) is 20.5. The second-order valence-corrected chi connectivity index (χ2v) is 5.80. The molecule has 0 aliphatic carbocycles. The summed E-state index contributed by atoms with van der Waals surface area (Å²) in [6.45, 7) is 6.07. The molecule has 0 bridgehead atoms. The molecule has 1 aliphatic rings. The van der Waals surface area contributed by atoms with Crippen molar-refractivity contribution >= 4 is 11.3 Å². The summed E-state index contributed by atoms with van der Waals surface area (Å²) in [6.07, 6.45) is 2.21. The molecule has 1 aromatic rings. The number of aryl methyl sites for hydroxylation is 2. The topological polar surface area (TPSA) is 35.2 Å². The molecule has 2 rings (SSSR count). The van der Waals surface area contributed by atoms with Gasteiger partial charge in [-0.1, -0.05) is 0 Å². The summed E-state index contributed by atoms with van der Waals surface area (Å²) in [7, 11) is 0. The molecular weight excluding hydrogens is 206 g/mol. The van der Waals surface area contributed by atoms with Crippen LogP contribution in [0.2, 0.25) is 0 Å². The Kier molecular flexibility index (Phi) is 3.44. The van der Waals surface area contributed by atoms with Gasteiger partial charge in [0.2, 0.25) is 0 Å². The van der Waals surface area contributed by atoms with Gasteiger partial charge in [0.05, 0.1) is 0 Å². The average Bonchev–Trinajstić information content (AvgIpc) is 2.58. The molecule has 15 heavy (non-hydrogen) atoms. The summed E-state index contributed by atoms with van der Waals surface area (Å²) in [5.41, 5.74) is 7.69. The molecule has 0 amide bonds. The lowest BCUT2D eigenvalue weighted by Crippen LogP contribution is -2.27. The molecule has 84 valence electrons. The Morgan fingerprint density at radius 2 is 2.07 bits per heavy atom. The number of rotatable bonds is 2. The van der Waals surface area contributed by atoms with Gasteiger partial charge in [-0.25, -0.2) is 0 Å². The van der Waals surface area contributed by atoms with Crippen molar-refractivity contribution in [2.45, 2.75) is 32.7 Å². The van der Waals surface area contributed by atoms with Crippen molar-refractivity contribution in [2.75, 3.05) is 13.2 Å². The number of ether oxygens (including phenoxy) is 1. The maximum Gasteiger partial charge on any atom is 0.0469 e. The monoisotopic (exact) mass is 225 g/mol. The number of hydrogen-bond donors (Lipinski definition) is 1. The number of nitrogens with two attached hydrogens (primary N) is 1. The molecule has 0 spiro atoms. The van der Waals surface area contributed by atoms with Gasteiger partial charge in [0.25, 0.3) is 0 Å². The lowest BCUT2D eigenvalue weighted by molar-refractivity contribution is 0.0583. The molecule has 1 aromatic heterocycles. The third-order valence-corrected chi connectivity index (χ3v) is 4.19. The van der Waals surface area contributed by atoms with Gasteiger partial charge in [-0.2, -0.15) is 0 Å². The molecule has 1 saturated heterocycles. The summed E-state index contributed by atoms with van der Waals surface area (Å²) < 4.78 is 5.37. The summed E-state index contributed by atoms with van der Waals surface area (Å²) in [5, 5.41) is 0. The van der Waals surface area contributed by atoms with E-state index in [1.165, 1.54) is 15.3 Å². The molecule has 1 unspecified atom stereocenters. The first-order valence-corrected chi connectivity index (χ1v) is 6.40. The van der Waals surface area contributed by atoms with Gasteiger partial charge < -0.3 is 10.5 Å². The molecule has 0 saturated carbocycles. The first kappa shape index (κ1) is 11.1. The fourth-order valence-electron chi connectivity index (χ4n) is 2.31. The van der Waals surface area contributed by atoms with Crippen molar-refractivity contribution in [2.24, 2.45) is 11.7 Å². The van der Waals surface area contributed by atoms with Crippen LogP contribution in [0.25, 0.3) is 0 Å². The van der Waals surface area contributed by atoms with E-state index in [2.05, 4.69) is 19.9 Å². The van der Waals surface area contributed by atoms with Crippen LogP contribution < -0.4 is 5.73 Å². The molecule has 1 fully saturated rings. The predicted octanol–water partition coefficient (Wildman–Crippen LogP) is 2.79. The highest BCUT2D eigenvalue weighted by molar-refractivity contribution is 7.12. The Balaban J connectivity index is 2.12. The lowest BCUT2D eigenvalue weighted by atomic mass is 9.88. The van der Waals surface area contributed by atoms with Crippen molar-refractivity contribution in [3.63, 3.8) is 0 Å². The second-order valence-electron chi connectivity index (χ2n) is 4.34. The second kappa shape index (κ2) is 4.64. The van der Waals surface area contributed by atoms with Gasteiger partial charge in [0.15, 0.2) is 0 Å². The van der Waals surface area contributed by atoms with Crippen LogP contribution in [0.4, 0.5) is 0 Å². The Bertz CT molecular complexity index is 328. The molecule has 0 radical (unpaired) electrons. The molecule has 2 heterocycles.